The molecule has 216 valence electrons. The number of carbonyl (C=O) groups excluding carboxylic acids is 1. The van der Waals surface area contributed by atoms with Crippen LogP contribution in [-0.2, 0) is 6.18 Å². The second kappa shape index (κ2) is 14.1. The van der Waals surface area contributed by atoms with E-state index < -0.39 is 40.9 Å². The molecule has 0 saturated carbocycles. The highest BCUT2D eigenvalue weighted by Gasteiger charge is 2.37. The van der Waals surface area contributed by atoms with Crippen LogP contribution in [0, 0.1) is 5.82 Å². The third kappa shape index (κ3) is 8.54. The molecule has 0 bridgehead atoms. The minimum Gasteiger partial charge on any atom is -0.505 e. The summed E-state index contributed by atoms with van der Waals surface area (Å²) in [6, 6.07) is 2.09. The van der Waals surface area contributed by atoms with Crippen LogP contribution in [0.2, 0.25) is 0 Å². The van der Waals surface area contributed by atoms with Gasteiger partial charge in [-0.05, 0) is 18.6 Å². The largest absolute Gasteiger partial charge is 0.505 e. The summed E-state index contributed by atoms with van der Waals surface area (Å²) < 4.78 is 83.6. The third-order valence-electron chi connectivity index (χ3n) is 5.17. The molecule has 0 radical (unpaired) electrons. The summed E-state index contributed by atoms with van der Waals surface area (Å²) >= 11 is 0. The Balaban J connectivity index is 0.000000389. The lowest BCUT2D eigenvalue weighted by Crippen LogP contribution is -2.22. The van der Waals surface area contributed by atoms with Crippen LogP contribution in [0.5, 0.6) is 11.5 Å². The van der Waals surface area contributed by atoms with Gasteiger partial charge in [-0.15, -0.1) is 0 Å². The predicted molar refractivity (Wildman–Crippen MR) is 132 cm³/mol. The second-order valence-electron chi connectivity index (χ2n) is 8.24. The van der Waals surface area contributed by atoms with Gasteiger partial charge in [0.2, 0.25) is 0 Å². The van der Waals surface area contributed by atoms with Gasteiger partial charge in [-0.25, -0.2) is 28.2 Å². The Morgan fingerprint density at radius 2 is 1.88 bits per heavy atom. The van der Waals surface area contributed by atoms with Crippen molar-refractivity contribution in [2.45, 2.75) is 32.1 Å². The van der Waals surface area contributed by atoms with Crippen molar-refractivity contribution in [3.05, 3.63) is 69.8 Å². The Labute approximate surface area is 224 Å². The zero-order valence-electron chi connectivity index (χ0n) is 21.5. The highest BCUT2D eigenvalue weighted by Crippen LogP contribution is 2.31. The minimum absolute atomic E-state index is 0.00727. The lowest BCUT2D eigenvalue weighted by Gasteiger charge is -2.17. The number of halogens is 6. The Morgan fingerprint density at radius 3 is 2.38 bits per heavy atom. The smallest absolute Gasteiger partial charge is 0.425 e. The van der Waals surface area contributed by atoms with Gasteiger partial charge in [-0.3, -0.25) is 9.59 Å². The normalized spacial score (nSPS) is 12.3. The van der Waals surface area contributed by atoms with E-state index in [1.165, 1.54) is 37.5 Å². The van der Waals surface area contributed by atoms with E-state index in [1.807, 2.05) is 6.92 Å². The number of ether oxygens (including phenoxy) is 1. The minimum atomic E-state index is -4.86. The maximum absolute atomic E-state index is 14.8. The van der Waals surface area contributed by atoms with Crippen molar-refractivity contribution in [3.63, 3.8) is 0 Å². The first-order chi connectivity index (χ1) is 18.8. The van der Waals surface area contributed by atoms with E-state index in [2.05, 4.69) is 15.1 Å². The number of hydrogen-bond acceptors (Lipinski definition) is 8. The molecule has 1 atom stereocenters. The number of hydrogen-bond donors (Lipinski definition) is 2. The maximum Gasteiger partial charge on any atom is 0.425 e. The average Bonchev–Trinajstić information content (AvgIpc) is 2.88. The molecule has 3 aromatic rings. The molecule has 9 nitrogen and oxygen atoms in total. The number of aromatic nitrogens is 4. The molecule has 0 aliphatic heterocycles. The number of benzene rings is 1. The van der Waals surface area contributed by atoms with Gasteiger partial charge in [0, 0.05) is 30.9 Å². The molecule has 3 rings (SSSR count). The van der Waals surface area contributed by atoms with Gasteiger partial charge in [0.25, 0.3) is 5.56 Å². The van der Waals surface area contributed by atoms with Crippen molar-refractivity contribution in [3.8, 4) is 22.9 Å². The molecule has 2 aromatic heterocycles. The van der Waals surface area contributed by atoms with E-state index >= 15 is 0 Å². The van der Waals surface area contributed by atoms with Crippen LogP contribution in [0.3, 0.4) is 0 Å². The van der Waals surface area contributed by atoms with E-state index in [0.29, 0.717) is 31.1 Å². The average molecular weight is 573 g/mol. The summed E-state index contributed by atoms with van der Waals surface area (Å²) in [6.45, 7) is 1.87. The summed E-state index contributed by atoms with van der Waals surface area (Å²) in [4.78, 5) is 31.1. The first kappa shape index (κ1) is 31.8. The molecule has 1 aromatic carbocycles. The van der Waals surface area contributed by atoms with Crippen molar-refractivity contribution >= 4 is 12.1 Å². The van der Waals surface area contributed by atoms with Crippen molar-refractivity contribution in [2.24, 2.45) is 0 Å². The van der Waals surface area contributed by atoms with Crippen LogP contribution in [-0.4, -0.2) is 63.3 Å². The number of rotatable bonds is 9. The fraction of sp³-hybridized carbons (Fsp3) is 0.320. The highest BCUT2D eigenvalue weighted by atomic mass is 19.4. The Morgan fingerprint density at radius 1 is 1.23 bits per heavy atom. The first-order valence-corrected chi connectivity index (χ1v) is 11.5. The first-order valence-electron chi connectivity index (χ1n) is 11.5. The van der Waals surface area contributed by atoms with Gasteiger partial charge in [0.05, 0.1) is 31.3 Å². The number of nitrogens with zero attached hydrogens (tertiary/aromatic N) is 4. The molecule has 0 aliphatic rings. The van der Waals surface area contributed by atoms with Crippen LogP contribution in [0.4, 0.5) is 26.3 Å². The molecular weight excluding hydrogens is 548 g/mol. The number of methoxy groups -OCH3 is 1. The molecule has 2 heterocycles. The molecule has 15 heteroatoms. The van der Waals surface area contributed by atoms with Crippen molar-refractivity contribution in [1.29, 1.82) is 0 Å². The number of aromatic amines is 1. The number of aromatic hydroxyl groups is 1. The van der Waals surface area contributed by atoms with E-state index in [1.54, 1.807) is 5.10 Å². The molecule has 0 fully saturated rings. The van der Waals surface area contributed by atoms with E-state index in [0.717, 1.165) is 12.3 Å². The lowest BCUT2D eigenvalue weighted by atomic mass is 10.0. The van der Waals surface area contributed by atoms with Gasteiger partial charge >= 0.3 is 6.18 Å². The summed E-state index contributed by atoms with van der Waals surface area (Å²) in [5.74, 6) is -2.32. The van der Waals surface area contributed by atoms with Gasteiger partial charge in [-0.2, -0.15) is 18.3 Å². The molecule has 40 heavy (non-hydrogen) atoms. The van der Waals surface area contributed by atoms with Crippen molar-refractivity contribution in [2.75, 3.05) is 20.7 Å². The zero-order chi connectivity index (χ0) is 30.0. The van der Waals surface area contributed by atoms with Crippen LogP contribution in [0.15, 0.2) is 41.7 Å². The van der Waals surface area contributed by atoms with Crippen LogP contribution in [0.25, 0.3) is 17.2 Å². The molecule has 0 aliphatic carbocycles. The summed E-state index contributed by atoms with van der Waals surface area (Å²) in [6.07, 6.45) is -0.241. The van der Waals surface area contributed by atoms with Crippen molar-refractivity contribution in [1.82, 2.24) is 25.1 Å². The topological polar surface area (TPSA) is 121 Å². The standard InChI is InChI=1S/C20H22F3N3O2.C5H3F3N2O2/c1-4-5-14(21)10-26(2)11-19(23)16-7-17(18(22)6-13(16)12-27)20-24-8-15(28-3)9-25-20;6-5(7,8)3-2(11)1-9-10-4(3)12/h6-9,11-12,14H,4-5,10H2,1-3H3;1H,(H2,10,11,12)/b19-11+;. The van der Waals surface area contributed by atoms with E-state index in [-0.39, 0.29) is 29.1 Å². The van der Waals surface area contributed by atoms with E-state index in [4.69, 9.17) is 9.84 Å². The van der Waals surface area contributed by atoms with Gasteiger partial charge < -0.3 is 14.7 Å². The van der Waals surface area contributed by atoms with Gasteiger partial charge in [0.1, 0.15) is 17.8 Å². The summed E-state index contributed by atoms with van der Waals surface area (Å²) in [5, 5.41) is 13.2. The van der Waals surface area contributed by atoms with Gasteiger partial charge in [-0.1, -0.05) is 13.3 Å². The number of nitrogens with one attached hydrogen (secondary N) is 1. The van der Waals surface area contributed by atoms with Gasteiger partial charge in [0.15, 0.2) is 29.2 Å². The van der Waals surface area contributed by atoms with Crippen molar-refractivity contribution < 1.29 is 41.0 Å². The molecule has 0 spiro atoms. The molecule has 1 unspecified atom stereocenters. The lowest BCUT2D eigenvalue weighted by molar-refractivity contribution is -0.140. The highest BCUT2D eigenvalue weighted by molar-refractivity contribution is 5.86. The fourth-order valence-electron chi connectivity index (χ4n) is 3.32. The maximum atomic E-state index is 14.8. The predicted octanol–water partition coefficient (Wildman–Crippen LogP) is 4.94. The van der Waals surface area contributed by atoms with Crippen LogP contribution < -0.4 is 10.3 Å². The summed E-state index contributed by atoms with van der Waals surface area (Å²) in [7, 11) is 2.97. The number of aldehydes is 1. The monoisotopic (exact) mass is 573 g/mol. The number of alkyl halides is 4. The number of carbonyl (C=O) groups is 1. The van der Waals surface area contributed by atoms with E-state index in [9.17, 15) is 35.9 Å². The molecule has 2 N–H and O–H groups in total. The number of H-pyrrole nitrogens is 1. The van der Waals surface area contributed by atoms with Crippen LogP contribution in [0.1, 0.15) is 41.3 Å². The second-order valence-corrected chi connectivity index (χ2v) is 8.24. The zero-order valence-corrected chi connectivity index (χ0v) is 21.5. The molecular formula is C25H25F6N5O4. The quantitative estimate of drug-likeness (QED) is 0.273. The Hall–Kier alpha value is -4.43. The summed E-state index contributed by atoms with van der Waals surface area (Å²) in [5.41, 5.74) is -3.44. The molecule has 0 amide bonds. The Bertz CT molecular complexity index is 1380. The molecule has 0 saturated heterocycles. The SMILES string of the molecule is CCCC(F)CN(C)/C=C(/F)c1cc(-c2ncc(OC)cn2)c(F)cc1C=O.O=c1[nH]ncc(O)c1C(F)(F)F. The fourth-order valence-corrected chi connectivity index (χ4v) is 3.32. The van der Waals surface area contributed by atoms with Crippen LogP contribution >= 0.6 is 0 Å². The third-order valence-corrected chi connectivity index (χ3v) is 5.17. The Kier molecular flexibility index (Phi) is 11.2.